The number of nitrogens with one attached hydrogen (secondary N) is 2. The molecular formula is C18H21Cl2N3O3. The molecule has 0 saturated carbocycles. The number of aryl methyl sites for hydroxylation is 1. The Kier molecular flexibility index (Phi) is 6.67. The molecule has 2 aromatic rings. The van der Waals surface area contributed by atoms with E-state index < -0.39 is 0 Å². The predicted octanol–water partition coefficient (Wildman–Crippen LogP) is 3.61. The van der Waals surface area contributed by atoms with Crippen molar-refractivity contribution in [2.75, 3.05) is 6.54 Å². The number of carbonyl (C=O) groups excluding carboxylic acids is 2. The Morgan fingerprint density at radius 1 is 1.19 bits per heavy atom. The van der Waals surface area contributed by atoms with Crippen molar-refractivity contribution in [1.29, 1.82) is 0 Å². The molecule has 0 spiro atoms. The Bertz CT molecular complexity index is 797. The molecule has 8 heteroatoms. The number of halogens is 2. The van der Waals surface area contributed by atoms with Crippen LogP contribution >= 0.6 is 23.2 Å². The van der Waals surface area contributed by atoms with Crippen LogP contribution in [0.15, 0.2) is 28.8 Å². The van der Waals surface area contributed by atoms with Gasteiger partial charge in [0, 0.05) is 29.0 Å². The Balaban J connectivity index is 1.84. The van der Waals surface area contributed by atoms with Gasteiger partial charge in [0.2, 0.25) is 11.8 Å². The lowest BCUT2D eigenvalue weighted by molar-refractivity contribution is -0.126. The summed E-state index contributed by atoms with van der Waals surface area (Å²) in [5.41, 5.74) is 0.345. The van der Waals surface area contributed by atoms with Crippen LogP contribution in [0.4, 0.5) is 0 Å². The third kappa shape index (κ3) is 6.35. The number of nitrogens with zero attached hydrogens (tertiary/aromatic N) is 1. The summed E-state index contributed by atoms with van der Waals surface area (Å²) < 4.78 is 5.63. The molecule has 26 heavy (non-hydrogen) atoms. The highest BCUT2D eigenvalue weighted by atomic mass is 35.5. The molecule has 1 aromatic heterocycles. The number of aromatic nitrogens is 1. The van der Waals surface area contributed by atoms with E-state index in [-0.39, 0.29) is 30.3 Å². The summed E-state index contributed by atoms with van der Waals surface area (Å²) in [7, 11) is 0. The van der Waals surface area contributed by atoms with E-state index in [0.717, 1.165) is 0 Å². The second kappa shape index (κ2) is 8.56. The quantitative estimate of drug-likeness (QED) is 0.779. The van der Waals surface area contributed by atoms with Gasteiger partial charge in [-0.15, -0.1) is 0 Å². The average Bonchev–Trinajstić information content (AvgIpc) is 2.98. The van der Waals surface area contributed by atoms with Gasteiger partial charge in [-0.3, -0.25) is 9.59 Å². The first-order valence-electron chi connectivity index (χ1n) is 8.12. The van der Waals surface area contributed by atoms with Crippen LogP contribution in [0.2, 0.25) is 10.0 Å². The summed E-state index contributed by atoms with van der Waals surface area (Å²) in [6, 6.07) is 5.08. The molecule has 0 unspecified atom stereocenters. The number of oxazole rings is 1. The van der Waals surface area contributed by atoms with Crippen molar-refractivity contribution < 1.29 is 14.0 Å². The van der Waals surface area contributed by atoms with E-state index in [4.69, 9.17) is 27.6 Å². The lowest BCUT2D eigenvalue weighted by Crippen LogP contribution is -2.45. The van der Waals surface area contributed by atoms with Crippen molar-refractivity contribution in [2.45, 2.75) is 39.2 Å². The van der Waals surface area contributed by atoms with Gasteiger partial charge in [-0.05, 0) is 39.0 Å². The number of rotatable bonds is 6. The van der Waals surface area contributed by atoms with Gasteiger partial charge in [0.1, 0.15) is 0 Å². The molecule has 0 aliphatic carbocycles. The lowest BCUT2D eigenvalue weighted by Gasteiger charge is -2.20. The van der Waals surface area contributed by atoms with E-state index in [1.807, 2.05) is 20.8 Å². The fourth-order valence-corrected chi connectivity index (χ4v) is 2.69. The zero-order chi connectivity index (χ0) is 19.3. The summed E-state index contributed by atoms with van der Waals surface area (Å²) in [4.78, 5) is 27.7. The highest BCUT2D eigenvalue weighted by molar-refractivity contribution is 6.36. The molecule has 140 valence electrons. The summed E-state index contributed by atoms with van der Waals surface area (Å²) in [5.74, 6) is 0.437. The number of hydrogen-bond acceptors (Lipinski definition) is 4. The van der Waals surface area contributed by atoms with Crippen molar-refractivity contribution >= 4 is 35.0 Å². The molecule has 0 fully saturated rings. The van der Waals surface area contributed by atoms with Gasteiger partial charge in [-0.2, -0.15) is 0 Å². The molecule has 2 N–H and O–H groups in total. The average molecular weight is 398 g/mol. The second-order valence-electron chi connectivity index (χ2n) is 6.82. The van der Waals surface area contributed by atoms with Crippen molar-refractivity contribution in [3.63, 3.8) is 0 Å². The predicted molar refractivity (Wildman–Crippen MR) is 101 cm³/mol. The van der Waals surface area contributed by atoms with Gasteiger partial charge < -0.3 is 15.1 Å². The number of amides is 2. The molecule has 0 radical (unpaired) electrons. The van der Waals surface area contributed by atoms with Gasteiger partial charge in [0.05, 0.1) is 17.8 Å². The lowest BCUT2D eigenvalue weighted by atomic mass is 10.1. The smallest absolute Gasteiger partial charge is 0.239 e. The maximum absolute atomic E-state index is 11.9. The first-order valence-corrected chi connectivity index (χ1v) is 8.87. The Labute approximate surface area is 162 Å². The fraction of sp³-hybridized carbons (Fsp3) is 0.389. The van der Waals surface area contributed by atoms with Gasteiger partial charge >= 0.3 is 0 Å². The molecule has 1 aromatic carbocycles. The van der Waals surface area contributed by atoms with Crippen LogP contribution in [0.3, 0.4) is 0 Å². The topological polar surface area (TPSA) is 84.2 Å². The highest BCUT2D eigenvalue weighted by Gasteiger charge is 2.15. The summed E-state index contributed by atoms with van der Waals surface area (Å²) in [6.07, 6.45) is 2.04. The maximum Gasteiger partial charge on any atom is 0.239 e. The van der Waals surface area contributed by atoms with Crippen LogP contribution in [-0.4, -0.2) is 28.9 Å². The third-order valence-electron chi connectivity index (χ3n) is 3.28. The minimum absolute atomic E-state index is 0.0622. The summed E-state index contributed by atoms with van der Waals surface area (Å²) in [6.45, 7) is 5.56. The van der Waals surface area contributed by atoms with Gasteiger partial charge in [-0.1, -0.05) is 23.2 Å². The van der Waals surface area contributed by atoms with Crippen molar-refractivity contribution in [3.05, 3.63) is 40.3 Å². The van der Waals surface area contributed by atoms with Crippen molar-refractivity contribution in [3.8, 4) is 11.3 Å². The Morgan fingerprint density at radius 2 is 1.92 bits per heavy atom. The minimum atomic E-state index is -0.334. The number of carbonyl (C=O) groups is 2. The van der Waals surface area contributed by atoms with E-state index in [9.17, 15) is 9.59 Å². The normalized spacial score (nSPS) is 11.3. The van der Waals surface area contributed by atoms with E-state index in [1.54, 1.807) is 24.4 Å². The van der Waals surface area contributed by atoms with E-state index in [2.05, 4.69) is 15.6 Å². The van der Waals surface area contributed by atoms with Crippen LogP contribution in [0.5, 0.6) is 0 Å². The molecule has 2 amide bonds. The number of hydrogen-bond donors (Lipinski definition) is 2. The monoisotopic (exact) mass is 397 g/mol. The summed E-state index contributed by atoms with van der Waals surface area (Å²) in [5, 5.41) is 6.34. The molecule has 2 rings (SSSR count). The fourth-order valence-electron chi connectivity index (χ4n) is 2.19. The second-order valence-corrected chi connectivity index (χ2v) is 7.66. The van der Waals surface area contributed by atoms with E-state index >= 15 is 0 Å². The Hall–Kier alpha value is -2.05. The van der Waals surface area contributed by atoms with Crippen LogP contribution < -0.4 is 10.6 Å². The zero-order valence-electron chi connectivity index (χ0n) is 14.9. The van der Waals surface area contributed by atoms with Crippen molar-refractivity contribution in [2.24, 2.45) is 0 Å². The summed E-state index contributed by atoms with van der Waals surface area (Å²) >= 11 is 12.0. The molecule has 0 saturated heterocycles. The Morgan fingerprint density at radius 3 is 2.58 bits per heavy atom. The van der Waals surface area contributed by atoms with E-state index in [1.165, 1.54) is 0 Å². The van der Waals surface area contributed by atoms with Crippen LogP contribution in [0, 0.1) is 0 Å². The largest absolute Gasteiger partial charge is 0.441 e. The molecule has 0 atom stereocenters. The minimum Gasteiger partial charge on any atom is -0.441 e. The zero-order valence-corrected chi connectivity index (χ0v) is 16.4. The van der Waals surface area contributed by atoms with Crippen molar-refractivity contribution in [1.82, 2.24) is 15.6 Å². The van der Waals surface area contributed by atoms with Gasteiger partial charge in [0.15, 0.2) is 11.7 Å². The van der Waals surface area contributed by atoms with Gasteiger partial charge in [0.25, 0.3) is 0 Å². The van der Waals surface area contributed by atoms with Gasteiger partial charge in [-0.25, -0.2) is 4.98 Å². The van der Waals surface area contributed by atoms with E-state index in [0.29, 0.717) is 33.7 Å². The SMILES string of the molecule is CC(C)(C)NC(=O)CNC(=O)CCc1ncc(-c2ccc(Cl)cc2Cl)o1. The standard InChI is InChI=1S/C18H21Cl2N3O3/c1-18(2,3)23-16(25)10-21-15(24)6-7-17-22-9-14(26-17)12-5-4-11(19)8-13(12)20/h4-5,8-9H,6-7,10H2,1-3H3,(H,21,24)(H,23,25). The maximum atomic E-state index is 11.9. The third-order valence-corrected chi connectivity index (χ3v) is 3.82. The molecule has 6 nitrogen and oxygen atoms in total. The molecule has 0 aliphatic heterocycles. The molecule has 0 bridgehead atoms. The van der Waals surface area contributed by atoms with Crippen LogP contribution in [0.1, 0.15) is 33.1 Å². The number of benzene rings is 1. The first-order chi connectivity index (χ1) is 12.1. The van der Waals surface area contributed by atoms with Crippen LogP contribution in [-0.2, 0) is 16.0 Å². The first kappa shape index (κ1) is 20.3. The molecule has 1 heterocycles. The molecular weight excluding hydrogens is 377 g/mol. The highest BCUT2D eigenvalue weighted by Crippen LogP contribution is 2.30. The molecule has 0 aliphatic rings. The van der Waals surface area contributed by atoms with Crippen LogP contribution in [0.25, 0.3) is 11.3 Å².